The molecule has 0 radical (unpaired) electrons. The molecule has 146 valence electrons. The van der Waals surface area contributed by atoms with E-state index in [1.54, 1.807) is 24.3 Å². The highest BCUT2D eigenvalue weighted by atomic mass is 35.5. The number of hydrogen-bond donors (Lipinski definition) is 2. The molecule has 3 rings (SSSR count). The van der Waals surface area contributed by atoms with Crippen molar-refractivity contribution < 1.29 is 9.53 Å². The molecule has 5 nitrogen and oxygen atoms in total. The summed E-state index contributed by atoms with van der Waals surface area (Å²) in [4.78, 5) is 16.8. The molecule has 2 aromatic carbocycles. The maximum atomic E-state index is 12.4. The van der Waals surface area contributed by atoms with Gasteiger partial charge >= 0.3 is 0 Å². The number of anilines is 1. The van der Waals surface area contributed by atoms with Gasteiger partial charge in [0.2, 0.25) is 0 Å². The second kappa shape index (κ2) is 8.86. The minimum Gasteiger partial charge on any atom is -0.493 e. The first-order valence-electron chi connectivity index (χ1n) is 8.73. The summed E-state index contributed by atoms with van der Waals surface area (Å²) in [5.41, 5.74) is 2.27. The molecular formula is C20H20ClN3O2S2. The number of carbonyl (C=O) groups is 1. The van der Waals surface area contributed by atoms with Crippen LogP contribution in [0.3, 0.4) is 0 Å². The molecule has 0 atom stereocenters. The molecule has 0 saturated heterocycles. The molecule has 0 bridgehead atoms. The Bertz CT molecular complexity index is 977. The summed E-state index contributed by atoms with van der Waals surface area (Å²) in [6.45, 7) is 6.74. The van der Waals surface area contributed by atoms with Gasteiger partial charge in [-0.2, -0.15) is 0 Å². The molecule has 0 saturated carbocycles. The molecule has 8 heteroatoms. The minimum absolute atomic E-state index is 0.187. The Hall–Kier alpha value is -2.22. The first-order valence-corrected chi connectivity index (χ1v) is 10.3. The lowest BCUT2D eigenvalue weighted by atomic mass is 10.2. The Morgan fingerprint density at radius 3 is 2.68 bits per heavy atom. The summed E-state index contributed by atoms with van der Waals surface area (Å²) >= 11 is 12.8. The maximum Gasteiger partial charge on any atom is 0.257 e. The SMILES string of the molecule is Cc1cc2sc(NC(=S)NC(=O)c3ccc(OCC(C)C)cc3)nc2cc1Cl. The number of rotatable bonds is 5. The molecule has 1 aromatic heterocycles. The van der Waals surface area contributed by atoms with Gasteiger partial charge in [0.25, 0.3) is 5.91 Å². The van der Waals surface area contributed by atoms with Gasteiger partial charge in [0.05, 0.1) is 16.8 Å². The molecule has 0 aliphatic heterocycles. The maximum absolute atomic E-state index is 12.4. The van der Waals surface area contributed by atoms with Gasteiger partial charge in [0, 0.05) is 10.6 Å². The van der Waals surface area contributed by atoms with E-state index in [0.717, 1.165) is 21.5 Å². The van der Waals surface area contributed by atoms with Gasteiger partial charge in [-0.1, -0.05) is 36.8 Å². The van der Waals surface area contributed by atoms with Crippen molar-refractivity contribution in [3.8, 4) is 5.75 Å². The van der Waals surface area contributed by atoms with Crippen LogP contribution < -0.4 is 15.4 Å². The van der Waals surface area contributed by atoms with Crippen molar-refractivity contribution in [2.24, 2.45) is 5.92 Å². The normalized spacial score (nSPS) is 10.9. The van der Waals surface area contributed by atoms with Crippen LogP contribution in [-0.2, 0) is 0 Å². The van der Waals surface area contributed by atoms with Gasteiger partial charge in [0.15, 0.2) is 10.2 Å². The molecule has 0 aliphatic carbocycles. The summed E-state index contributed by atoms with van der Waals surface area (Å²) in [5.74, 6) is 0.871. The van der Waals surface area contributed by atoms with E-state index in [4.69, 9.17) is 28.6 Å². The third kappa shape index (κ3) is 5.19. The lowest BCUT2D eigenvalue weighted by Crippen LogP contribution is -2.34. The number of ether oxygens (including phenoxy) is 1. The first-order chi connectivity index (χ1) is 13.3. The van der Waals surface area contributed by atoms with Crippen LogP contribution in [-0.4, -0.2) is 22.6 Å². The van der Waals surface area contributed by atoms with Crippen molar-refractivity contribution in [1.82, 2.24) is 10.3 Å². The molecule has 0 fully saturated rings. The third-order valence-corrected chi connectivity index (χ3v) is 5.36. The second-order valence-electron chi connectivity index (χ2n) is 6.73. The van der Waals surface area contributed by atoms with Crippen molar-refractivity contribution in [2.75, 3.05) is 11.9 Å². The number of nitrogens with zero attached hydrogens (tertiary/aromatic N) is 1. The fraction of sp³-hybridized carbons (Fsp3) is 0.250. The van der Waals surface area contributed by atoms with Gasteiger partial charge in [0.1, 0.15) is 5.75 Å². The van der Waals surface area contributed by atoms with Crippen LogP contribution in [0.2, 0.25) is 5.02 Å². The number of fused-ring (bicyclic) bond motifs is 1. The van der Waals surface area contributed by atoms with Crippen molar-refractivity contribution in [3.63, 3.8) is 0 Å². The van der Waals surface area contributed by atoms with E-state index in [1.165, 1.54) is 11.3 Å². The molecular weight excluding hydrogens is 414 g/mol. The van der Waals surface area contributed by atoms with Crippen LogP contribution in [0.25, 0.3) is 10.2 Å². The molecule has 0 aliphatic rings. The van der Waals surface area contributed by atoms with E-state index in [-0.39, 0.29) is 11.0 Å². The van der Waals surface area contributed by atoms with E-state index in [2.05, 4.69) is 29.5 Å². The Kier molecular flexibility index (Phi) is 6.49. The van der Waals surface area contributed by atoms with Crippen LogP contribution in [0.4, 0.5) is 5.13 Å². The molecule has 0 spiro atoms. The van der Waals surface area contributed by atoms with Crippen molar-refractivity contribution in [3.05, 3.63) is 52.5 Å². The third-order valence-electron chi connectivity index (χ3n) is 3.82. The number of nitrogens with one attached hydrogen (secondary N) is 2. The molecule has 28 heavy (non-hydrogen) atoms. The monoisotopic (exact) mass is 433 g/mol. The second-order valence-corrected chi connectivity index (χ2v) is 8.57. The summed E-state index contributed by atoms with van der Waals surface area (Å²) in [6, 6.07) is 10.7. The van der Waals surface area contributed by atoms with E-state index in [0.29, 0.717) is 28.2 Å². The standard InChI is InChI=1S/C20H20ClN3O2S2/c1-11(2)10-26-14-6-4-13(5-7-14)18(25)23-19(27)24-20-22-16-9-15(21)12(3)8-17(16)28-20/h4-9,11H,10H2,1-3H3,(H2,22,23,24,25,27). The molecule has 1 heterocycles. The Morgan fingerprint density at radius 2 is 2.00 bits per heavy atom. The van der Waals surface area contributed by atoms with Gasteiger partial charge in [-0.15, -0.1) is 0 Å². The topological polar surface area (TPSA) is 63.2 Å². The summed E-state index contributed by atoms with van der Waals surface area (Å²) in [6.07, 6.45) is 0. The Balaban J connectivity index is 1.60. The number of aryl methyl sites for hydroxylation is 1. The predicted molar refractivity (Wildman–Crippen MR) is 120 cm³/mol. The number of hydrogen-bond acceptors (Lipinski definition) is 5. The number of thiazole rings is 1. The van der Waals surface area contributed by atoms with E-state index < -0.39 is 0 Å². The fourth-order valence-corrected chi connectivity index (χ4v) is 3.73. The lowest BCUT2D eigenvalue weighted by Gasteiger charge is -2.10. The number of benzene rings is 2. The zero-order valence-corrected chi connectivity index (χ0v) is 18.1. The van der Waals surface area contributed by atoms with Crippen molar-refractivity contribution in [1.29, 1.82) is 0 Å². The highest BCUT2D eigenvalue weighted by Crippen LogP contribution is 2.30. The van der Waals surface area contributed by atoms with Crippen LogP contribution in [0.5, 0.6) is 5.75 Å². The largest absolute Gasteiger partial charge is 0.493 e. The summed E-state index contributed by atoms with van der Waals surface area (Å²) < 4.78 is 6.62. The minimum atomic E-state index is -0.298. The van der Waals surface area contributed by atoms with Gasteiger partial charge < -0.3 is 10.1 Å². The average molecular weight is 434 g/mol. The van der Waals surface area contributed by atoms with E-state index >= 15 is 0 Å². The van der Waals surface area contributed by atoms with E-state index in [9.17, 15) is 4.79 Å². The number of halogens is 1. The summed E-state index contributed by atoms with van der Waals surface area (Å²) in [5, 5.41) is 7.07. The van der Waals surface area contributed by atoms with Crippen molar-refractivity contribution in [2.45, 2.75) is 20.8 Å². The van der Waals surface area contributed by atoms with Crippen molar-refractivity contribution >= 4 is 61.5 Å². The quantitative estimate of drug-likeness (QED) is 0.526. The number of amides is 1. The van der Waals surface area contributed by atoms with Gasteiger partial charge in [-0.05, 0) is 67.0 Å². The predicted octanol–water partition coefficient (Wildman–Crippen LogP) is 5.42. The van der Waals surface area contributed by atoms with Gasteiger partial charge in [-0.25, -0.2) is 4.98 Å². The molecule has 1 amide bonds. The Morgan fingerprint density at radius 1 is 1.29 bits per heavy atom. The number of thiocarbonyl (C=S) groups is 1. The zero-order chi connectivity index (χ0) is 20.3. The highest BCUT2D eigenvalue weighted by Gasteiger charge is 2.11. The summed E-state index contributed by atoms with van der Waals surface area (Å²) in [7, 11) is 0. The molecule has 3 aromatic rings. The van der Waals surface area contributed by atoms with Crippen LogP contribution in [0.1, 0.15) is 29.8 Å². The first kappa shape index (κ1) is 20.5. The fourth-order valence-electron chi connectivity index (χ4n) is 2.37. The number of carbonyl (C=O) groups excluding carboxylic acids is 1. The van der Waals surface area contributed by atoms with Crippen LogP contribution in [0, 0.1) is 12.8 Å². The molecule has 0 unspecified atom stereocenters. The molecule has 2 N–H and O–H groups in total. The zero-order valence-electron chi connectivity index (χ0n) is 15.7. The van der Waals surface area contributed by atoms with Gasteiger partial charge in [-0.3, -0.25) is 10.1 Å². The highest BCUT2D eigenvalue weighted by molar-refractivity contribution is 7.80. The smallest absolute Gasteiger partial charge is 0.257 e. The average Bonchev–Trinajstić information content (AvgIpc) is 3.01. The Labute approximate surface area is 178 Å². The lowest BCUT2D eigenvalue weighted by molar-refractivity contribution is 0.0977. The number of aromatic nitrogens is 1. The van der Waals surface area contributed by atoms with Crippen LogP contribution in [0.15, 0.2) is 36.4 Å². The van der Waals surface area contributed by atoms with Crippen LogP contribution >= 0.6 is 35.2 Å². The van der Waals surface area contributed by atoms with E-state index in [1.807, 2.05) is 19.1 Å².